The Bertz CT molecular complexity index is 1310. The molecule has 0 aromatic heterocycles. The summed E-state index contributed by atoms with van der Waals surface area (Å²) in [5.41, 5.74) is 9.24. The third-order valence-corrected chi connectivity index (χ3v) is 6.25. The molecule has 0 saturated heterocycles. The molecule has 0 fully saturated rings. The number of benzene rings is 4. The molecule has 31 heavy (non-hydrogen) atoms. The summed E-state index contributed by atoms with van der Waals surface area (Å²) in [6.07, 6.45) is 1.74. The molecule has 0 saturated carbocycles. The fraction of sp³-hybridized carbons (Fsp3) is 0.107. The van der Waals surface area contributed by atoms with Gasteiger partial charge in [0, 0.05) is 11.3 Å². The highest BCUT2D eigenvalue weighted by Crippen LogP contribution is 2.50. The number of para-hydroxylation sites is 4. The molecule has 1 aliphatic heterocycles. The lowest BCUT2D eigenvalue weighted by Gasteiger charge is -2.33. The van der Waals surface area contributed by atoms with E-state index in [9.17, 15) is 4.79 Å². The zero-order chi connectivity index (χ0) is 20.9. The number of anilines is 3. The molecule has 150 valence electrons. The summed E-state index contributed by atoms with van der Waals surface area (Å²) in [7, 11) is 0. The van der Waals surface area contributed by atoms with Crippen LogP contribution in [-0.2, 0) is 12.8 Å². The van der Waals surface area contributed by atoms with Crippen molar-refractivity contribution in [2.75, 3.05) is 4.90 Å². The highest BCUT2D eigenvalue weighted by molar-refractivity contribution is 5.94. The van der Waals surface area contributed by atoms with Gasteiger partial charge in [0.2, 0.25) is 0 Å². The molecule has 6 rings (SSSR count). The van der Waals surface area contributed by atoms with Crippen LogP contribution in [0.2, 0.25) is 0 Å². The molecule has 0 spiro atoms. The highest BCUT2D eigenvalue weighted by Gasteiger charge is 2.26. The van der Waals surface area contributed by atoms with Crippen LogP contribution in [0.5, 0.6) is 11.5 Å². The maximum absolute atomic E-state index is 11.8. The Morgan fingerprint density at radius 1 is 0.710 bits per heavy atom. The minimum absolute atomic E-state index is 0.119. The van der Waals surface area contributed by atoms with Gasteiger partial charge in [-0.1, -0.05) is 42.5 Å². The molecule has 4 aromatic carbocycles. The van der Waals surface area contributed by atoms with E-state index in [0.29, 0.717) is 0 Å². The summed E-state index contributed by atoms with van der Waals surface area (Å²) in [5, 5.41) is 0. The molecule has 2 aliphatic rings. The van der Waals surface area contributed by atoms with E-state index in [2.05, 4.69) is 47.4 Å². The van der Waals surface area contributed by atoms with Crippen LogP contribution >= 0.6 is 0 Å². The van der Waals surface area contributed by atoms with E-state index in [0.717, 1.165) is 47.0 Å². The summed E-state index contributed by atoms with van der Waals surface area (Å²) in [5.74, 6) is 1.84. The molecular formula is C28H21NO2. The molecular weight excluding hydrogens is 382 g/mol. The fourth-order valence-electron chi connectivity index (χ4n) is 4.66. The van der Waals surface area contributed by atoms with Gasteiger partial charge in [0.15, 0.2) is 17.3 Å². The van der Waals surface area contributed by atoms with Crippen LogP contribution in [0.15, 0.2) is 84.9 Å². The number of ketones is 1. The second-order valence-electron chi connectivity index (χ2n) is 8.22. The number of carbonyl (C=O) groups excluding carboxylic acids is 1. The topological polar surface area (TPSA) is 29.5 Å². The van der Waals surface area contributed by atoms with Crippen molar-refractivity contribution in [3.8, 4) is 11.5 Å². The second kappa shape index (κ2) is 6.85. The minimum atomic E-state index is 0.119. The molecule has 0 radical (unpaired) electrons. The first-order valence-corrected chi connectivity index (χ1v) is 10.6. The molecule has 0 unspecified atom stereocenters. The molecule has 0 N–H and O–H groups in total. The fourth-order valence-corrected chi connectivity index (χ4v) is 4.66. The van der Waals surface area contributed by atoms with Gasteiger partial charge < -0.3 is 9.64 Å². The zero-order valence-electron chi connectivity index (χ0n) is 17.3. The smallest absolute Gasteiger partial charge is 0.159 e. The summed E-state index contributed by atoms with van der Waals surface area (Å²) in [6, 6.07) is 29.2. The lowest BCUT2D eigenvalue weighted by atomic mass is 9.84. The van der Waals surface area contributed by atoms with E-state index < -0.39 is 0 Å². The van der Waals surface area contributed by atoms with Crippen molar-refractivity contribution < 1.29 is 9.53 Å². The zero-order valence-corrected chi connectivity index (χ0v) is 17.3. The van der Waals surface area contributed by atoms with Crippen LogP contribution in [0.3, 0.4) is 0 Å². The van der Waals surface area contributed by atoms with E-state index in [1.54, 1.807) is 6.92 Å². The summed E-state index contributed by atoms with van der Waals surface area (Å²) in [4.78, 5) is 14.1. The first kappa shape index (κ1) is 18.0. The highest BCUT2D eigenvalue weighted by atomic mass is 16.5. The van der Waals surface area contributed by atoms with Crippen molar-refractivity contribution in [3.63, 3.8) is 0 Å². The number of nitrogens with zero attached hydrogens (tertiary/aromatic N) is 1. The van der Waals surface area contributed by atoms with Gasteiger partial charge in [0.05, 0.1) is 11.4 Å². The summed E-state index contributed by atoms with van der Waals surface area (Å²) in [6.45, 7) is 1.63. The van der Waals surface area contributed by atoms with Gasteiger partial charge in [0.1, 0.15) is 0 Å². The van der Waals surface area contributed by atoms with Gasteiger partial charge in [-0.3, -0.25) is 4.79 Å². The number of carbonyl (C=O) groups is 1. The van der Waals surface area contributed by atoms with E-state index in [1.807, 2.05) is 42.5 Å². The number of fused-ring (bicyclic) bond motifs is 4. The minimum Gasteiger partial charge on any atom is -0.453 e. The third-order valence-electron chi connectivity index (χ3n) is 6.25. The van der Waals surface area contributed by atoms with Crippen LogP contribution in [0.4, 0.5) is 17.1 Å². The standard InChI is InChI=1S/C28H21NO2/c1-18(30)19-10-11-20-16-23-17-24(13-12-21(23)15-22(20)14-19)29-25-6-2-4-8-27(25)31-28-9-5-3-7-26(28)29/h2-14,17H,15-16H2,1H3. The lowest BCUT2D eigenvalue weighted by Crippen LogP contribution is -2.17. The maximum atomic E-state index is 11.8. The molecule has 4 aromatic rings. The summed E-state index contributed by atoms with van der Waals surface area (Å²) >= 11 is 0. The Labute approximate surface area is 181 Å². The largest absolute Gasteiger partial charge is 0.453 e. The van der Waals surface area contributed by atoms with Crippen molar-refractivity contribution in [2.24, 2.45) is 0 Å². The number of hydrogen-bond acceptors (Lipinski definition) is 3. The van der Waals surface area contributed by atoms with Gasteiger partial charge in [0.25, 0.3) is 0 Å². The number of rotatable bonds is 2. The molecule has 0 bridgehead atoms. The van der Waals surface area contributed by atoms with Gasteiger partial charge in [-0.05, 0) is 84.5 Å². The Morgan fingerprint density at radius 3 is 1.94 bits per heavy atom. The number of Topliss-reactive ketones (excluding diaryl/α,β-unsaturated/α-hetero) is 1. The van der Waals surface area contributed by atoms with Gasteiger partial charge in [-0.25, -0.2) is 0 Å². The van der Waals surface area contributed by atoms with Crippen LogP contribution in [0.1, 0.15) is 39.5 Å². The van der Waals surface area contributed by atoms with Gasteiger partial charge in [-0.15, -0.1) is 0 Å². The quantitative estimate of drug-likeness (QED) is 0.293. The second-order valence-corrected chi connectivity index (χ2v) is 8.22. The SMILES string of the molecule is CC(=O)c1ccc2c(c1)Cc1ccc(N3c4ccccc4Oc4ccccc43)cc1C2. The molecule has 0 atom stereocenters. The van der Waals surface area contributed by atoms with E-state index in [1.165, 1.54) is 22.3 Å². The average Bonchev–Trinajstić information content (AvgIpc) is 2.80. The maximum Gasteiger partial charge on any atom is 0.159 e. The van der Waals surface area contributed by atoms with Crippen LogP contribution in [-0.4, -0.2) is 5.78 Å². The van der Waals surface area contributed by atoms with Crippen molar-refractivity contribution in [1.29, 1.82) is 0 Å². The monoisotopic (exact) mass is 403 g/mol. The molecule has 1 heterocycles. The summed E-state index contributed by atoms with van der Waals surface area (Å²) < 4.78 is 6.15. The number of ether oxygens (including phenoxy) is 1. The Morgan fingerprint density at radius 2 is 1.29 bits per heavy atom. The first-order chi connectivity index (χ1) is 15.2. The third kappa shape index (κ3) is 2.93. The Hall–Kier alpha value is -3.85. The number of hydrogen-bond donors (Lipinski definition) is 0. The van der Waals surface area contributed by atoms with Gasteiger partial charge >= 0.3 is 0 Å². The van der Waals surface area contributed by atoms with E-state index >= 15 is 0 Å². The predicted octanol–water partition coefficient (Wildman–Crippen LogP) is 6.96. The first-order valence-electron chi connectivity index (χ1n) is 10.6. The Kier molecular flexibility index (Phi) is 3.97. The Balaban J connectivity index is 1.44. The normalized spacial score (nSPS) is 13.4. The van der Waals surface area contributed by atoms with Crippen molar-refractivity contribution in [1.82, 2.24) is 0 Å². The van der Waals surface area contributed by atoms with E-state index in [4.69, 9.17) is 4.74 Å². The van der Waals surface area contributed by atoms with Crippen LogP contribution in [0.25, 0.3) is 0 Å². The molecule has 3 nitrogen and oxygen atoms in total. The van der Waals surface area contributed by atoms with Crippen LogP contribution in [0, 0.1) is 0 Å². The van der Waals surface area contributed by atoms with Crippen LogP contribution < -0.4 is 9.64 Å². The van der Waals surface area contributed by atoms with E-state index in [-0.39, 0.29) is 5.78 Å². The predicted molar refractivity (Wildman–Crippen MR) is 123 cm³/mol. The van der Waals surface area contributed by atoms with Crippen molar-refractivity contribution in [2.45, 2.75) is 19.8 Å². The van der Waals surface area contributed by atoms with Crippen molar-refractivity contribution in [3.05, 3.63) is 113 Å². The van der Waals surface area contributed by atoms with Gasteiger partial charge in [-0.2, -0.15) is 0 Å². The van der Waals surface area contributed by atoms with Crippen molar-refractivity contribution >= 4 is 22.8 Å². The molecule has 3 heteroatoms. The average molecular weight is 403 g/mol. The molecule has 0 amide bonds. The molecule has 1 aliphatic carbocycles. The lowest BCUT2D eigenvalue weighted by molar-refractivity contribution is 0.101.